The van der Waals surface area contributed by atoms with Crippen LogP contribution in [0.3, 0.4) is 0 Å². The molecule has 0 spiro atoms. The Hall–Kier alpha value is -4.34. The zero-order chi connectivity index (χ0) is 30.9. The van der Waals surface area contributed by atoms with Gasteiger partial charge in [-0.3, -0.25) is 4.79 Å². The molecule has 9 heteroatoms. The lowest BCUT2D eigenvalue weighted by Gasteiger charge is -2.31. The van der Waals surface area contributed by atoms with E-state index < -0.39 is 11.6 Å². The monoisotopic (exact) mass is 658 g/mol. The Bertz CT molecular complexity index is 1560. The number of nitrogens with zero attached hydrogens (tertiary/aromatic N) is 1. The van der Waals surface area contributed by atoms with Crippen LogP contribution in [0.1, 0.15) is 34.8 Å². The van der Waals surface area contributed by atoms with Crippen LogP contribution in [0.5, 0.6) is 17.2 Å². The zero-order valence-corrected chi connectivity index (χ0v) is 26.3. The molecule has 1 aliphatic rings. The van der Waals surface area contributed by atoms with Crippen LogP contribution in [0.15, 0.2) is 107 Å². The number of carbonyl (C=O) groups excluding carboxylic acids is 1. The number of aliphatic hydroxyl groups excluding tert-OH is 1. The molecule has 0 unspecified atom stereocenters. The van der Waals surface area contributed by atoms with Crippen LogP contribution >= 0.6 is 15.9 Å². The predicted molar refractivity (Wildman–Crippen MR) is 172 cm³/mol. The summed E-state index contributed by atoms with van der Waals surface area (Å²) in [6.07, 6.45) is 0.161. The largest absolute Gasteiger partial charge is 0.497 e. The molecule has 0 bridgehead atoms. The SMILES string of the molecule is COc1cc(CNC(=O)[C@]2(Cc3ccc(Br)cc3)N=C(c3ccc(OCCCO)cc3)O[C@@H]2c2ccccc2)cc(OC)c1. The van der Waals surface area contributed by atoms with Crippen molar-refractivity contribution >= 4 is 27.7 Å². The first-order valence-electron chi connectivity index (χ1n) is 14.3. The van der Waals surface area contributed by atoms with E-state index in [9.17, 15) is 4.79 Å². The third-order valence-electron chi connectivity index (χ3n) is 7.38. The van der Waals surface area contributed by atoms with Gasteiger partial charge in [0, 0.05) is 42.1 Å². The van der Waals surface area contributed by atoms with Gasteiger partial charge >= 0.3 is 0 Å². The Balaban J connectivity index is 1.53. The van der Waals surface area contributed by atoms with Crippen molar-refractivity contribution in [1.82, 2.24) is 5.32 Å². The van der Waals surface area contributed by atoms with Crippen molar-refractivity contribution in [3.8, 4) is 17.2 Å². The number of benzene rings is 4. The van der Waals surface area contributed by atoms with E-state index in [1.165, 1.54) is 0 Å². The smallest absolute Gasteiger partial charge is 0.252 e. The molecule has 0 radical (unpaired) electrons. The molecular formula is C35H35BrN2O6. The Morgan fingerprint density at radius 1 is 0.909 bits per heavy atom. The van der Waals surface area contributed by atoms with Crippen LogP contribution in [0.2, 0.25) is 0 Å². The van der Waals surface area contributed by atoms with E-state index in [4.69, 9.17) is 29.0 Å². The van der Waals surface area contributed by atoms with Gasteiger partial charge in [-0.05, 0) is 65.2 Å². The zero-order valence-electron chi connectivity index (χ0n) is 24.7. The van der Waals surface area contributed by atoms with Gasteiger partial charge in [0.05, 0.1) is 20.8 Å². The number of nitrogens with one attached hydrogen (secondary N) is 1. The average molecular weight is 660 g/mol. The van der Waals surface area contributed by atoms with Gasteiger partial charge in [-0.1, -0.05) is 58.4 Å². The van der Waals surface area contributed by atoms with Crippen molar-refractivity contribution in [2.45, 2.75) is 31.0 Å². The third-order valence-corrected chi connectivity index (χ3v) is 7.91. The summed E-state index contributed by atoms with van der Waals surface area (Å²) in [5.41, 5.74) is 2.01. The fraction of sp³-hybridized carbons (Fsp3) is 0.257. The number of rotatable bonds is 13. The normalized spacial score (nSPS) is 17.4. The molecule has 4 aromatic carbocycles. The first kappa shape index (κ1) is 31.1. The van der Waals surface area contributed by atoms with Gasteiger partial charge in [0.25, 0.3) is 5.91 Å². The summed E-state index contributed by atoms with van der Waals surface area (Å²) < 4.78 is 24.1. The van der Waals surface area contributed by atoms with Gasteiger partial charge < -0.3 is 29.4 Å². The molecule has 44 heavy (non-hydrogen) atoms. The summed E-state index contributed by atoms with van der Waals surface area (Å²) in [4.78, 5) is 19.6. The predicted octanol–water partition coefficient (Wildman–Crippen LogP) is 6.04. The number of methoxy groups -OCH3 is 2. The number of amides is 1. The fourth-order valence-electron chi connectivity index (χ4n) is 5.13. The van der Waals surface area contributed by atoms with Crippen LogP contribution in [0, 0.1) is 0 Å². The highest BCUT2D eigenvalue weighted by molar-refractivity contribution is 9.10. The van der Waals surface area contributed by atoms with Gasteiger partial charge in [0.1, 0.15) is 17.2 Å². The van der Waals surface area contributed by atoms with E-state index >= 15 is 0 Å². The van der Waals surface area contributed by atoms with Crippen molar-refractivity contribution in [3.63, 3.8) is 0 Å². The molecule has 0 aromatic heterocycles. The van der Waals surface area contributed by atoms with E-state index in [1.54, 1.807) is 20.3 Å². The van der Waals surface area contributed by atoms with Crippen molar-refractivity contribution in [1.29, 1.82) is 0 Å². The second kappa shape index (κ2) is 14.4. The lowest BCUT2D eigenvalue weighted by molar-refractivity contribution is -0.129. The molecule has 4 aromatic rings. The Kier molecular flexibility index (Phi) is 10.2. The molecule has 1 heterocycles. The average Bonchev–Trinajstić information content (AvgIpc) is 3.45. The maximum atomic E-state index is 14.5. The Morgan fingerprint density at radius 2 is 1.59 bits per heavy atom. The minimum absolute atomic E-state index is 0.0669. The number of carbonyl (C=O) groups is 1. The van der Waals surface area contributed by atoms with Crippen LogP contribution in [0.25, 0.3) is 0 Å². The Morgan fingerprint density at radius 3 is 2.23 bits per heavy atom. The van der Waals surface area contributed by atoms with E-state index in [-0.39, 0.29) is 19.1 Å². The van der Waals surface area contributed by atoms with Crippen molar-refractivity contribution in [2.75, 3.05) is 27.4 Å². The molecule has 2 atom stereocenters. The molecule has 1 aliphatic heterocycles. The number of halogens is 1. The van der Waals surface area contributed by atoms with Gasteiger partial charge in [-0.2, -0.15) is 0 Å². The maximum Gasteiger partial charge on any atom is 0.252 e. The lowest BCUT2D eigenvalue weighted by Crippen LogP contribution is -2.49. The quantitative estimate of drug-likeness (QED) is 0.170. The molecule has 0 saturated heterocycles. The molecular weight excluding hydrogens is 624 g/mol. The molecule has 0 saturated carbocycles. The summed E-state index contributed by atoms with van der Waals surface area (Å²) in [7, 11) is 3.18. The number of hydrogen-bond donors (Lipinski definition) is 2. The van der Waals surface area contributed by atoms with E-state index in [0.717, 1.165) is 26.7 Å². The number of hydrogen-bond acceptors (Lipinski definition) is 7. The summed E-state index contributed by atoms with van der Waals surface area (Å²) >= 11 is 3.51. The Labute approximate surface area is 265 Å². The summed E-state index contributed by atoms with van der Waals surface area (Å²) in [5.74, 6) is 2.04. The second-order valence-corrected chi connectivity index (χ2v) is 11.3. The first-order chi connectivity index (χ1) is 21.4. The van der Waals surface area contributed by atoms with Crippen molar-refractivity contribution in [2.24, 2.45) is 4.99 Å². The minimum atomic E-state index is -1.32. The van der Waals surface area contributed by atoms with Gasteiger partial charge in [0.15, 0.2) is 11.6 Å². The molecule has 5 rings (SSSR count). The molecule has 0 aliphatic carbocycles. The van der Waals surface area contributed by atoms with E-state index in [0.29, 0.717) is 42.6 Å². The van der Waals surface area contributed by atoms with Gasteiger partial charge in [-0.25, -0.2) is 4.99 Å². The minimum Gasteiger partial charge on any atom is -0.497 e. The summed E-state index contributed by atoms with van der Waals surface area (Å²) in [5, 5.41) is 12.2. The standard InChI is InChI=1S/C35H35BrN2O6/c1-41-30-19-25(20-31(21-30)42-2)23-37-34(40)35(22-24-9-13-28(36)14-10-24)32(26-7-4-3-5-8-26)44-33(38-35)27-11-15-29(16-12-27)43-18-6-17-39/h3-5,7-16,19-21,32,39H,6,17-18,22-23H2,1-2H3,(H,37,40)/t32-,35-/m1/s1. The summed E-state index contributed by atoms with van der Waals surface area (Å²) in [6.45, 7) is 0.719. The number of aliphatic imine (C=N–C) groups is 1. The molecule has 1 amide bonds. The second-order valence-electron chi connectivity index (χ2n) is 10.4. The summed E-state index contributed by atoms with van der Waals surface area (Å²) in [6, 6.07) is 30.5. The number of aliphatic hydroxyl groups is 1. The van der Waals surface area contributed by atoms with Crippen molar-refractivity contribution < 1.29 is 28.8 Å². The molecule has 0 fully saturated rings. The molecule has 8 nitrogen and oxygen atoms in total. The van der Waals surface area contributed by atoms with Gasteiger partial charge in [0.2, 0.25) is 5.90 Å². The molecule has 228 valence electrons. The lowest BCUT2D eigenvalue weighted by atomic mass is 9.82. The fourth-order valence-corrected chi connectivity index (χ4v) is 5.39. The van der Waals surface area contributed by atoms with E-state index in [1.807, 2.05) is 91.0 Å². The van der Waals surface area contributed by atoms with E-state index in [2.05, 4.69) is 21.2 Å². The van der Waals surface area contributed by atoms with Crippen molar-refractivity contribution in [3.05, 3.63) is 124 Å². The highest BCUT2D eigenvalue weighted by atomic mass is 79.9. The number of ether oxygens (including phenoxy) is 4. The van der Waals surface area contributed by atoms with Crippen LogP contribution < -0.4 is 19.5 Å². The highest BCUT2D eigenvalue weighted by Crippen LogP contribution is 2.42. The topological polar surface area (TPSA) is 98.6 Å². The highest BCUT2D eigenvalue weighted by Gasteiger charge is 2.53. The van der Waals surface area contributed by atoms with Crippen LogP contribution in [0.4, 0.5) is 0 Å². The molecule has 2 N–H and O–H groups in total. The van der Waals surface area contributed by atoms with Crippen LogP contribution in [-0.2, 0) is 22.5 Å². The third kappa shape index (κ3) is 7.23. The first-order valence-corrected chi connectivity index (χ1v) is 15.1. The van der Waals surface area contributed by atoms with Gasteiger partial charge in [-0.15, -0.1) is 0 Å². The maximum absolute atomic E-state index is 14.5. The van der Waals surface area contributed by atoms with Crippen LogP contribution in [-0.4, -0.2) is 49.9 Å².